The molecule has 0 fully saturated rings. The average molecular weight is 286 g/mol. The largest absolute Gasteiger partial charge is 0.484 e. The molecule has 0 atom stereocenters. The zero-order chi connectivity index (χ0) is 15.2. The van der Waals surface area contributed by atoms with Crippen LogP contribution in [0.2, 0.25) is 0 Å². The molecule has 1 N–H and O–H groups in total. The van der Waals surface area contributed by atoms with Gasteiger partial charge in [0.1, 0.15) is 11.4 Å². The van der Waals surface area contributed by atoms with Crippen molar-refractivity contribution in [2.24, 2.45) is 0 Å². The summed E-state index contributed by atoms with van der Waals surface area (Å²) in [6.45, 7) is 1.70. The number of aryl methyl sites for hydroxylation is 1. The SMILES string of the molecule is Cc1cccc(OCC(=O)Nc2ccccc2[N+](=O)[O-])c1. The number of hydrogen-bond acceptors (Lipinski definition) is 4. The van der Waals surface area contributed by atoms with Gasteiger partial charge in [-0.25, -0.2) is 0 Å². The summed E-state index contributed by atoms with van der Waals surface area (Å²) >= 11 is 0. The number of nitro benzene ring substituents is 1. The molecule has 0 unspecified atom stereocenters. The molecule has 0 aliphatic heterocycles. The van der Waals surface area contributed by atoms with Crippen LogP contribution < -0.4 is 10.1 Å². The fraction of sp³-hybridized carbons (Fsp3) is 0.133. The van der Waals surface area contributed by atoms with Gasteiger partial charge in [-0.2, -0.15) is 0 Å². The second kappa shape index (κ2) is 6.51. The maximum Gasteiger partial charge on any atom is 0.292 e. The topological polar surface area (TPSA) is 81.5 Å². The summed E-state index contributed by atoms with van der Waals surface area (Å²) < 4.78 is 5.34. The van der Waals surface area contributed by atoms with Gasteiger partial charge in [-0.05, 0) is 30.7 Å². The molecule has 0 radical (unpaired) electrons. The van der Waals surface area contributed by atoms with E-state index in [-0.39, 0.29) is 18.0 Å². The van der Waals surface area contributed by atoms with Crippen LogP contribution in [0.3, 0.4) is 0 Å². The Morgan fingerprint density at radius 2 is 2.00 bits per heavy atom. The van der Waals surface area contributed by atoms with E-state index in [0.717, 1.165) is 5.56 Å². The average Bonchev–Trinajstić information content (AvgIpc) is 2.45. The van der Waals surface area contributed by atoms with Gasteiger partial charge in [0.15, 0.2) is 6.61 Å². The van der Waals surface area contributed by atoms with Crippen LogP contribution in [0.5, 0.6) is 5.75 Å². The Labute approximate surface area is 121 Å². The van der Waals surface area contributed by atoms with Crippen molar-refractivity contribution in [3.63, 3.8) is 0 Å². The van der Waals surface area contributed by atoms with E-state index in [1.807, 2.05) is 19.1 Å². The molecule has 2 aromatic carbocycles. The van der Waals surface area contributed by atoms with E-state index in [1.165, 1.54) is 18.2 Å². The molecular weight excluding hydrogens is 272 g/mol. The van der Waals surface area contributed by atoms with E-state index in [9.17, 15) is 14.9 Å². The first-order chi connectivity index (χ1) is 10.1. The lowest BCUT2D eigenvalue weighted by molar-refractivity contribution is -0.383. The van der Waals surface area contributed by atoms with Crippen LogP contribution in [-0.2, 0) is 4.79 Å². The van der Waals surface area contributed by atoms with Gasteiger partial charge in [-0.3, -0.25) is 14.9 Å². The molecular formula is C15H14N2O4. The molecule has 108 valence electrons. The lowest BCUT2D eigenvalue weighted by Gasteiger charge is -2.08. The Balaban J connectivity index is 1.98. The van der Waals surface area contributed by atoms with Crippen LogP contribution in [0, 0.1) is 17.0 Å². The van der Waals surface area contributed by atoms with Crippen molar-refractivity contribution in [2.75, 3.05) is 11.9 Å². The molecule has 21 heavy (non-hydrogen) atoms. The molecule has 2 aromatic rings. The first-order valence-electron chi connectivity index (χ1n) is 6.29. The predicted molar refractivity (Wildman–Crippen MR) is 78.4 cm³/mol. The van der Waals surface area contributed by atoms with Crippen molar-refractivity contribution in [3.8, 4) is 5.75 Å². The fourth-order valence-electron chi connectivity index (χ4n) is 1.78. The third-order valence-corrected chi connectivity index (χ3v) is 2.73. The van der Waals surface area contributed by atoms with Gasteiger partial charge in [0.05, 0.1) is 4.92 Å². The number of hydrogen-bond donors (Lipinski definition) is 1. The smallest absolute Gasteiger partial charge is 0.292 e. The van der Waals surface area contributed by atoms with Gasteiger partial charge in [0.25, 0.3) is 11.6 Å². The van der Waals surface area contributed by atoms with Crippen molar-refractivity contribution >= 4 is 17.3 Å². The zero-order valence-electron chi connectivity index (χ0n) is 11.4. The highest BCUT2D eigenvalue weighted by atomic mass is 16.6. The van der Waals surface area contributed by atoms with Crippen LogP contribution >= 0.6 is 0 Å². The second-order valence-corrected chi connectivity index (χ2v) is 4.43. The number of nitro groups is 1. The van der Waals surface area contributed by atoms with Crippen LogP contribution in [0.15, 0.2) is 48.5 Å². The van der Waals surface area contributed by atoms with Crippen molar-refractivity contribution in [3.05, 3.63) is 64.2 Å². The van der Waals surface area contributed by atoms with Crippen LogP contribution in [0.25, 0.3) is 0 Å². The number of carbonyl (C=O) groups is 1. The Kier molecular flexibility index (Phi) is 4.50. The highest BCUT2D eigenvalue weighted by Crippen LogP contribution is 2.23. The number of anilines is 1. The van der Waals surface area contributed by atoms with Gasteiger partial charge in [0.2, 0.25) is 0 Å². The fourth-order valence-corrected chi connectivity index (χ4v) is 1.78. The summed E-state index contributed by atoms with van der Waals surface area (Å²) in [5, 5.41) is 13.3. The standard InChI is InChI=1S/C15H14N2O4/c1-11-5-4-6-12(9-11)21-10-15(18)16-13-7-2-3-8-14(13)17(19)20/h2-9H,10H2,1H3,(H,16,18). The Morgan fingerprint density at radius 1 is 1.24 bits per heavy atom. The van der Waals surface area contributed by atoms with Crippen molar-refractivity contribution in [1.82, 2.24) is 0 Å². The summed E-state index contributed by atoms with van der Waals surface area (Å²) in [4.78, 5) is 22.1. The van der Waals surface area contributed by atoms with Gasteiger partial charge in [-0.15, -0.1) is 0 Å². The van der Waals surface area contributed by atoms with Gasteiger partial charge in [-0.1, -0.05) is 24.3 Å². The monoisotopic (exact) mass is 286 g/mol. The summed E-state index contributed by atoms with van der Waals surface area (Å²) in [6.07, 6.45) is 0. The normalized spacial score (nSPS) is 9.95. The number of nitrogens with one attached hydrogen (secondary N) is 1. The maximum atomic E-state index is 11.8. The highest BCUT2D eigenvalue weighted by Gasteiger charge is 2.14. The summed E-state index contributed by atoms with van der Waals surface area (Å²) in [6, 6.07) is 13.2. The highest BCUT2D eigenvalue weighted by molar-refractivity contribution is 5.94. The summed E-state index contributed by atoms with van der Waals surface area (Å²) in [5.41, 5.74) is 1.02. The minimum absolute atomic E-state index is 0.151. The second-order valence-electron chi connectivity index (χ2n) is 4.43. The number of nitrogens with zero attached hydrogens (tertiary/aromatic N) is 1. The van der Waals surface area contributed by atoms with Crippen molar-refractivity contribution < 1.29 is 14.5 Å². The Hall–Kier alpha value is -2.89. The minimum Gasteiger partial charge on any atom is -0.484 e. The summed E-state index contributed by atoms with van der Waals surface area (Å²) in [5.74, 6) is 0.124. The Morgan fingerprint density at radius 3 is 2.71 bits per heavy atom. The summed E-state index contributed by atoms with van der Waals surface area (Å²) in [7, 11) is 0. The lowest BCUT2D eigenvalue weighted by atomic mass is 10.2. The molecule has 0 aromatic heterocycles. The number of benzene rings is 2. The molecule has 0 aliphatic carbocycles. The first-order valence-corrected chi connectivity index (χ1v) is 6.29. The molecule has 0 bridgehead atoms. The molecule has 1 amide bonds. The third kappa shape index (κ3) is 4.04. The number of ether oxygens (including phenoxy) is 1. The molecule has 0 aliphatic rings. The molecule has 0 heterocycles. The minimum atomic E-state index is -0.545. The third-order valence-electron chi connectivity index (χ3n) is 2.73. The lowest BCUT2D eigenvalue weighted by Crippen LogP contribution is -2.20. The van der Waals surface area contributed by atoms with E-state index >= 15 is 0 Å². The molecule has 6 nitrogen and oxygen atoms in total. The van der Waals surface area contributed by atoms with E-state index < -0.39 is 10.8 Å². The van der Waals surface area contributed by atoms with Gasteiger partial charge >= 0.3 is 0 Å². The van der Waals surface area contributed by atoms with E-state index in [2.05, 4.69) is 5.32 Å². The number of amides is 1. The van der Waals surface area contributed by atoms with Crippen molar-refractivity contribution in [2.45, 2.75) is 6.92 Å². The van der Waals surface area contributed by atoms with E-state index in [4.69, 9.17) is 4.74 Å². The predicted octanol–water partition coefficient (Wildman–Crippen LogP) is 2.92. The molecule has 0 saturated carbocycles. The molecule has 6 heteroatoms. The molecule has 2 rings (SSSR count). The number of rotatable bonds is 5. The first kappa shape index (κ1) is 14.5. The van der Waals surface area contributed by atoms with Gasteiger partial charge in [0, 0.05) is 6.07 Å². The Bertz CT molecular complexity index is 670. The van der Waals surface area contributed by atoms with Crippen LogP contribution in [-0.4, -0.2) is 17.4 Å². The van der Waals surface area contributed by atoms with Crippen LogP contribution in [0.1, 0.15) is 5.56 Å². The number of para-hydroxylation sites is 2. The van der Waals surface area contributed by atoms with E-state index in [1.54, 1.807) is 18.2 Å². The molecule has 0 saturated heterocycles. The zero-order valence-corrected chi connectivity index (χ0v) is 11.4. The van der Waals surface area contributed by atoms with E-state index in [0.29, 0.717) is 5.75 Å². The van der Waals surface area contributed by atoms with Crippen LogP contribution in [0.4, 0.5) is 11.4 Å². The molecule has 0 spiro atoms. The maximum absolute atomic E-state index is 11.8. The van der Waals surface area contributed by atoms with Gasteiger partial charge < -0.3 is 10.1 Å². The number of carbonyl (C=O) groups excluding carboxylic acids is 1. The van der Waals surface area contributed by atoms with Crippen molar-refractivity contribution in [1.29, 1.82) is 0 Å². The quantitative estimate of drug-likeness (QED) is 0.676.